The van der Waals surface area contributed by atoms with E-state index in [2.05, 4.69) is 74.5 Å². The molecule has 0 amide bonds. The molecule has 3 heteroatoms. The number of carbonyl (C=O) groups is 1. The van der Waals surface area contributed by atoms with E-state index in [1.165, 1.54) is 30.4 Å². The Balaban J connectivity index is 1.65. The van der Waals surface area contributed by atoms with Crippen LogP contribution in [0.1, 0.15) is 77.4 Å². The molecule has 0 saturated heterocycles. The van der Waals surface area contributed by atoms with Gasteiger partial charge in [0.15, 0.2) is 0 Å². The molecule has 0 aromatic heterocycles. The minimum atomic E-state index is -0.247. The molecule has 0 fully saturated rings. The van der Waals surface area contributed by atoms with Crippen molar-refractivity contribution in [2.45, 2.75) is 71.8 Å². The highest BCUT2D eigenvalue weighted by atomic mass is 16.5. The maximum atomic E-state index is 12.2. The summed E-state index contributed by atoms with van der Waals surface area (Å²) in [5.41, 5.74) is 5.66. The molecule has 0 N–H and O–H groups in total. The van der Waals surface area contributed by atoms with E-state index in [-0.39, 0.29) is 12.1 Å². The Morgan fingerprint density at radius 2 is 1.32 bits per heavy atom. The van der Waals surface area contributed by atoms with E-state index in [0.29, 0.717) is 6.42 Å². The van der Waals surface area contributed by atoms with Crippen LogP contribution in [0.3, 0.4) is 0 Å². The zero-order valence-electron chi connectivity index (χ0n) is 20.9. The van der Waals surface area contributed by atoms with Crippen LogP contribution in [0.2, 0.25) is 0 Å². The van der Waals surface area contributed by atoms with E-state index in [1.807, 2.05) is 19.1 Å². The maximum Gasteiger partial charge on any atom is 0.306 e. The summed E-state index contributed by atoms with van der Waals surface area (Å²) < 4.78 is 11.4. The van der Waals surface area contributed by atoms with E-state index < -0.39 is 0 Å². The molecule has 180 valence electrons. The van der Waals surface area contributed by atoms with Crippen molar-refractivity contribution in [2.24, 2.45) is 0 Å². The molecule has 0 radical (unpaired) electrons. The van der Waals surface area contributed by atoms with Gasteiger partial charge in [0.2, 0.25) is 0 Å². The van der Waals surface area contributed by atoms with E-state index in [9.17, 15) is 4.79 Å². The van der Waals surface area contributed by atoms with Gasteiger partial charge in [0.25, 0.3) is 0 Å². The summed E-state index contributed by atoms with van der Waals surface area (Å²) in [6.45, 7) is 6.98. The molecule has 34 heavy (non-hydrogen) atoms. The smallest absolute Gasteiger partial charge is 0.306 e. The minimum absolute atomic E-state index is 0.107. The first-order valence-electron chi connectivity index (χ1n) is 12.7. The van der Waals surface area contributed by atoms with Gasteiger partial charge in [-0.1, -0.05) is 100 Å². The van der Waals surface area contributed by atoms with Crippen molar-refractivity contribution in [3.05, 3.63) is 78.4 Å². The lowest BCUT2D eigenvalue weighted by atomic mass is 9.94. The predicted molar refractivity (Wildman–Crippen MR) is 141 cm³/mol. The number of benzene rings is 3. The fourth-order valence-electron chi connectivity index (χ4n) is 4.07. The summed E-state index contributed by atoms with van der Waals surface area (Å²) in [5.74, 6) is 0.793. The van der Waals surface area contributed by atoms with Crippen LogP contribution in [0.25, 0.3) is 22.3 Å². The van der Waals surface area contributed by atoms with E-state index in [1.54, 1.807) is 0 Å². The molecule has 1 atom stereocenters. The number of esters is 1. The number of rotatable bonds is 13. The van der Waals surface area contributed by atoms with Gasteiger partial charge in [0, 0.05) is 6.42 Å². The summed E-state index contributed by atoms with van der Waals surface area (Å²) in [4.78, 5) is 12.2. The molecule has 1 unspecified atom stereocenters. The van der Waals surface area contributed by atoms with Crippen LogP contribution in [-0.4, -0.2) is 12.6 Å². The number of carbonyl (C=O) groups excluding carboxylic acids is 1. The van der Waals surface area contributed by atoms with Gasteiger partial charge in [-0.05, 0) is 59.7 Å². The van der Waals surface area contributed by atoms with Crippen LogP contribution in [-0.2, 0) is 9.53 Å². The standard InChI is InChI=1S/C31H38O3/c1-4-6-7-8-9-14-31(32)34-24(3)25-15-17-26(18-16-25)29-12-10-11-13-30(29)27-19-21-28(22-20-27)33-23-5-2/h10-13,15-22,24H,4-9,14,23H2,1-3H3. The van der Waals surface area contributed by atoms with Crippen molar-refractivity contribution in [1.82, 2.24) is 0 Å². The summed E-state index contributed by atoms with van der Waals surface area (Å²) in [7, 11) is 0. The fraction of sp³-hybridized carbons (Fsp3) is 0.387. The van der Waals surface area contributed by atoms with Gasteiger partial charge in [-0.25, -0.2) is 0 Å². The van der Waals surface area contributed by atoms with Gasteiger partial charge >= 0.3 is 5.97 Å². The zero-order valence-corrected chi connectivity index (χ0v) is 20.9. The van der Waals surface area contributed by atoms with E-state index in [4.69, 9.17) is 9.47 Å². The molecule has 3 nitrogen and oxygen atoms in total. The molecule has 0 heterocycles. The van der Waals surface area contributed by atoms with Gasteiger partial charge in [0.1, 0.15) is 11.9 Å². The Morgan fingerprint density at radius 1 is 0.735 bits per heavy atom. The number of hydrogen-bond donors (Lipinski definition) is 0. The molecule has 0 saturated carbocycles. The van der Waals surface area contributed by atoms with Gasteiger partial charge in [-0.2, -0.15) is 0 Å². The fourth-order valence-corrected chi connectivity index (χ4v) is 4.07. The predicted octanol–water partition coefficient (Wildman–Crippen LogP) is 8.77. The van der Waals surface area contributed by atoms with Crippen LogP contribution >= 0.6 is 0 Å². The molecule has 0 bridgehead atoms. The zero-order chi connectivity index (χ0) is 24.2. The minimum Gasteiger partial charge on any atom is -0.494 e. The number of unbranched alkanes of at least 4 members (excludes halogenated alkanes) is 4. The third-order valence-electron chi connectivity index (χ3n) is 6.05. The molecule has 0 spiro atoms. The lowest BCUT2D eigenvalue weighted by molar-refractivity contribution is -0.148. The van der Waals surface area contributed by atoms with Gasteiger partial charge < -0.3 is 9.47 Å². The quantitative estimate of drug-likeness (QED) is 0.190. The molecule has 0 aliphatic heterocycles. The van der Waals surface area contributed by atoms with Crippen molar-refractivity contribution >= 4 is 5.97 Å². The highest BCUT2D eigenvalue weighted by Gasteiger charge is 2.13. The Bertz CT molecular complexity index is 1010. The Kier molecular flexibility index (Phi) is 10.2. The van der Waals surface area contributed by atoms with Gasteiger partial charge in [-0.15, -0.1) is 0 Å². The number of hydrogen-bond acceptors (Lipinski definition) is 3. The monoisotopic (exact) mass is 458 g/mol. The summed E-state index contributed by atoms with van der Waals surface area (Å²) >= 11 is 0. The van der Waals surface area contributed by atoms with Crippen molar-refractivity contribution in [3.8, 4) is 28.0 Å². The molecule has 3 rings (SSSR count). The third kappa shape index (κ3) is 7.48. The van der Waals surface area contributed by atoms with Crippen LogP contribution in [0.5, 0.6) is 5.75 Å². The highest BCUT2D eigenvalue weighted by Crippen LogP contribution is 2.33. The average molecular weight is 459 g/mol. The van der Waals surface area contributed by atoms with Crippen LogP contribution in [0, 0.1) is 0 Å². The van der Waals surface area contributed by atoms with Gasteiger partial charge in [-0.3, -0.25) is 4.79 Å². The lowest BCUT2D eigenvalue weighted by Gasteiger charge is -2.15. The van der Waals surface area contributed by atoms with E-state index in [0.717, 1.165) is 48.3 Å². The molecule has 0 aliphatic rings. The second-order valence-electron chi connectivity index (χ2n) is 8.84. The summed E-state index contributed by atoms with van der Waals surface area (Å²) in [6, 6.07) is 25.1. The molecule has 0 aliphatic carbocycles. The van der Waals surface area contributed by atoms with Crippen molar-refractivity contribution < 1.29 is 14.3 Å². The molecule has 3 aromatic rings. The first kappa shape index (κ1) is 25.6. The van der Waals surface area contributed by atoms with Crippen LogP contribution < -0.4 is 4.74 Å². The Labute approximate surface area is 205 Å². The highest BCUT2D eigenvalue weighted by molar-refractivity contribution is 5.83. The topological polar surface area (TPSA) is 35.5 Å². The Hall–Kier alpha value is -3.07. The van der Waals surface area contributed by atoms with Crippen molar-refractivity contribution in [2.75, 3.05) is 6.61 Å². The summed E-state index contributed by atoms with van der Waals surface area (Å²) in [6.07, 6.45) is 6.90. The van der Waals surface area contributed by atoms with Crippen LogP contribution in [0.4, 0.5) is 0 Å². The molecular formula is C31H38O3. The normalized spacial score (nSPS) is 11.7. The molecule has 3 aromatic carbocycles. The van der Waals surface area contributed by atoms with Crippen molar-refractivity contribution in [1.29, 1.82) is 0 Å². The second-order valence-corrected chi connectivity index (χ2v) is 8.84. The average Bonchev–Trinajstić information content (AvgIpc) is 2.88. The second kappa shape index (κ2) is 13.6. The third-order valence-corrected chi connectivity index (χ3v) is 6.05. The maximum absolute atomic E-state index is 12.2. The van der Waals surface area contributed by atoms with Crippen molar-refractivity contribution in [3.63, 3.8) is 0 Å². The first-order chi connectivity index (χ1) is 16.6. The number of ether oxygens (including phenoxy) is 2. The van der Waals surface area contributed by atoms with Gasteiger partial charge in [0.05, 0.1) is 6.61 Å². The van der Waals surface area contributed by atoms with E-state index >= 15 is 0 Å². The first-order valence-corrected chi connectivity index (χ1v) is 12.7. The Morgan fingerprint density at radius 3 is 1.91 bits per heavy atom. The molecular weight excluding hydrogens is 420 g/mol. The SMILES string of the molecule is CCCCCCCC(=O)OC(C)c1ccc(-c2ccccc2-c2ccc(OCCC)cc2)cc1. The van der Waals surface area contributed by atoms with Crippen LogP contribution in [0.15, 0.2) is 72.8 Å². The summed E-state index contributed by atoms with van der Waals surface area (Å²) in [5, 5.41) is 0. The largest absolute Gasteiger partial charge is 0.494 e. The lowest BCUT2D eigenvalue weighted by Crippen LogP contribution is -2.08.